The summed E-state index contributed by atoms with van der Waals surface area (Å²) in [5.74, 6) is -0.501. The average molecular weight is 418 g/mol. The highest BCUT2D eigenvalue weighted by atomic mass is 35.5. The summed E-state index contributed by atoms with van der Waals surface area (Å²) in [7, 11) is 3.31. The molecule has 0 bridgehead atoms. The standard InChI is InChI=1S/C21H23N3O4.ClH/c1-13(22-2)11-23-19(25)17-10-14(8-9-18(17)28-3)12-24-20(26)15-6-4-5-7-16(15)21(24)27;/h4-10,13,22H,11-12H2,1-3H3,(H,23,25);1H. The van der Waals surface area contributed by atoms with E-state index in [1.807, 2.05) is 14.0 Å². The first-order valence-corrected chi connectivity index (χ1v) is 9.03. The summed E-state index contributed by atoms with van der Waals surface area (Å²) in [5, 5.41) is 5.90. The third-order valence-electron chi connectivity index (χ3n) is 4.79. The summed E-state index contributed by atoms with van der Waals surface area (Å²) in [6.45, 7) is 2.50. The number of ether oxygens (including phenoxy) is 1. The van der Waals surface area contributed by atoms with E-state index in [1.54, 1.807) is 42.5 Å². The quantitative estimate of drug-likeness (QED) is 0.674. The highest BCUT2D eigenvalue weighted by Gasteiger charge is 2.35. The molecule has 0 aliphatic carbocycles. The Morgan fingerprint density at radius 2 is 1.72 bits per heavy atom. The van der Waals surface area contributed by atoms with Gasteiger partial charge in [-0.15, -0.1) is 12.4 Å². The lowest BCUT2D eigenvalue weighted by Gasteiger charge is -2.17. The van der Waals surface area contributed by atoms with Crippen LogP contribution in [0.1, 0.15) is 43.6 Å². The molecule has 0 aromatic heterocycles. The van der Waals surface area contributed by atoms with Crippen molar-refractivity contribution < 1.29 is 19.1 Å². The van der Waals surface area contributed by atoms with Crippen molar-refractivity contribution in [1.82, 2.24) is 15.5 Å². The maximum atomic E-state index is 12.6. The minimum Gasteiger partial charge on any atom is -0.496 e. The predicted octanol–water partition coefficient (Wildman–Crippen LogP) is 2.25. The zero-order valence-electron chi connectivity index (χ0n) is 16.5. The number of imide groups is 1. The molecular formula is C21H24ClN3O4. The maximum absolute atomic E-state index is 12.6. The monoisotopic (exact) mass is 417 g/mol. The van der Waals surface area contributed by atoms with Crippen LogP contribution in [-0.2, 0) is 6.54 Å². The van der Waals surface area contributed by atoms with Crippen LogP contribution in [0.25, 0.3) is 0 Å². The summed E-state index contributed by atoms with van der Waals surface area (Å²) >= 11 is 0. The molecule has 3 rings (SSSR count). The van der Waals surface area contributed by atoms with E-state index in [0.29, 0.717) is 34.5 Å². The van der Waals surface area contributed by atoms with Crippen LogP contribution >= 0.6 is 12.4 Å². The van der Waals surface area contributed by atoms with Crippen LogP contribution in [0.15, 0.2) is 42.5 Å². The molecule has 0 spiro atoms. The van der Waals surface area contributed by atoms with Crippen LogP contribution in [0.4, 0.5) is 0 Å². The minimum absolute atomic E-state index is 0. The van der Waals surface area contributed by atoms with E-state index >= 15 is 0 Å². The molecule has 0 radical (unpaired) electrons. The smallest absolute Gasteiger partial charge is 0.261 e. The third-order valence-corrected chi connectivity index (χ3v) is 4.79. The van der Waals surface area contributed by atoms with Gasteiger partial charge in [0.25, 0.3) is 17.7 Å². The van der Waals surface area contributed by atoms with Gasteiger partial charge in [0.05, 0.1) is 30.3 Å². The molecule has 2 N–H and O–H groups in total. The van der Waals surface area contributed by atoms with Gasteiger partial charge in [-0.1, -0.05) is 18.2 Å². The van der Waals surface area contributed by atoms with Gasteiger partial charge in [-0.25, -0.2) is 0 Å². The Morgan fingerprint density at radius 3 is 2.28 bits per heavy atom. The van der Waals surface area contributed by atoms with Crippen molar-refractivity contribution in [3.05, 3.63) is 64.7 Å². The minimum atomic E-state index is -0.328. The molecule has 2 aromatic carbocycles. The first-order valence-electron chi connectivity index (χ1n) is 9.03. The van der Waals surface area contributed by atoms with E-state index < -0.39 is 0 Å². The lowest BCUT2D eigenvalue weighted by molar-refractivity contribution is 0.0642. The van der Waals surface area contributed by atoms with Gasteiger partial charge in [0.15, 0.2) is 0 Å². The number of hydrogen-bond acceptors (Lipinski definition) is 5. The number of methoxy groups -OCH3 is 1. The van der Waals surface area contributed by atoms with Gasteiger partial charge in [-0.3, -0.25) is 19.3 Å². The zero-order valence-corrected chi connectivity index (χ0v) is 17.3. The molecule has 1 aliphatic rings. The number of benzene rings is 2. The summed E-state index contributed by atoms with van der Waals surface area (Å²) in [5.41, 5.74) is 1.84. The van der Waals surface area contributed by atoms with Gasteiger partial charge in [0.2, 0.25) is 0 Å². The first-order chi connectivity index (χ1) is 13.5. The SMILES string of the molecule is CNC(C)CNC(=O)c1cc(CN2C(=O)c3ccccc3C2=O)ccc1OC.Cl. The van der Waals surface area contributed by atoms with E-state index in [2.05, 4.69) is 10.6 Å². The van der Waals surface area contributed by atoms with Crippen LogP contribution in [0.5, 0.6) is 5.75 Å². The van der Waals surface area contributed by atoms with E-state index in [1.165, 1.54) is 12.0 Å². The highest BCUT2D eigenvalue weighted by molar-refractivity contribution is 6.21. The molecule has 1 unspecified atom stereocenters. The molecule has 1 atom stereocenters. The third kappa shape index (κ3) is 4.58. The number of hydrogen-bond donors (Lipinski definition) is 2. The Kier molecular flexibility index (Phi) is 7.36. The number of nitrogens with one attached hydrogen (secondary N) is 2. The Hall–Kier alpha value is -2.90. The summed E-state index contributed by atoms with van der Waals surface area (Å²) < 4.78 is 5.29. The molecule has 154 valence electrons. The molecule has 0 fully saturated rings. The summed E-state index contributed by atoms with van der Waals surface area (Å²) in [6, 6.07) is 11.9. The van der Waals surface area contributed by atoms with Crippen molar-refractivity contribution in [3.8, 4) is 5.75 Å². The number of carbonyl (C=O) groups is 3. The summed E-state index contributed by atoms with van der Waals surface area (Å²) in [6.07, 6.45) is 0. The molecule has 0 saturated heterocycles. The zero-order chi connectivity index (χ0) is 20.3. The largest absolute Gasteiger partial charge is 0.496 e. The van der Waals surface area contributed by atoms with Crippen LogP contribution in [0, 0.1) is 0 Å². The first kappa shape index (κ1) is 22.4. The second-order valence-corrected chi connectivity index (χ2v) is 6.68. The van der Waals surface area contributed by atoms with Gasteiger partial charge in [-0.05, 0) is 43.8 Å². The van der Waals surface area contributed by atoms with Crippen molar-refractivity contribution in [2.24, 2.45) is 0 Å². The number of likely N-dealkylation sites (N-methyl/N-ethyl adjacent to an activating group) is 1. The number of rotatable bonds is 7. The fraction of sp³-hybridized carbons (Fsp3) is 0.286. The molecule has 3 amide bonds. The van der Waals surface area contributed by atoms with Crippen molar-refractivity contribution in [3.63, 3.8) is 0 Å². The molecule has 0 saturated carbocycles. The molecule has 7 nitrogen and oxygen atoms in total. The predicted molar refractivity (Wildman–Crippen MR) is 112 cm³/mol. The second-order valence-electron chi connectivity index (χ2n) is 6.68. The van der Waals surface area contributed by atoms with Crippen molar-refractivity contribution in [2.45, 2.75) is 19.5 Å². The Balaban J connectivity index is 0.00000300. The van der Waals surface area contributed by atoms with Gasteiger partial charge in [-0.2, -0.15) is 0 Å². The fourth-order valence-corrected chi connectivity index (χ4v) is 3.04. The van der Waals surface area contributed by atoms with E-state index in [0.717, 1.165) is 0 Å². The fourth-order valence-electron chi connectivity index (χ4n) is 3.04. The van der Waals surface area contributed by atoms with Crippen molar-refractivity contribution in [2.75, 3.05) is 20.7 Å². The second kappa shape index (κ2) is 9.54. The molecule has 2 aromatic rings. The number of nitrogens with zero attached hydrogens (tertiary/aromatic N) is 1. The van der Waals surface area contributed by atoms with Crippen molar-refractivity contribution >= 4 is 30.1 Å². The maximum Gasteiger partial charge on any atom is 0.261 e. The van der Waals surface area contributed by atoms with Gasteiger partial charge >= 0.3 is 0 Å². The Bertz CT molecular complexity index is 897. The van der Waals surface area contributed by atoms with Gasteiger partial charge < -0.3 is 15.4 Å². The van der Waals surface area contributed by atoms with Crippen molar-refractivity contribution in [1.29, 1.82) is 0 Å². The molecule has 8 heteroatoms. The Labute approximate surface area is 175 Å². The van der Waals surface area contributed by atoms with Crippen LogP contribution in [-0.4, -0.2) is 49.4 Å². The number of fused-ring (bicyclic) bond motifs is 1. The Morgan fingerprint density at radius 1 is 1.10 bits per heavy atom. The van der Waals surface area contributed by atoms with Gasteiger partial charge in [0.1, 0.15) is 5.75 Å². The lowest BCUT2D eigenvalue weighted by Crippen LogP contribution is -2.37. The number of halogens is 1. The summed E-state index contributed by atoms with van der Waals surface area (Å²) in [4.78, 5) is 38.9. The van der Waals surface area contributed by atoms with E-state index in [4.69, 9.17) is 4.74 Å². The van der Waals surface area contributed by atoms with E-state index in [-0.39, 0.29) is 42.7 Å². The molecule has 29 heavy (non-hydrogen) atoms. The van der Waals surface area contributed by atoms with Gasteiger partial charge in [0, 0.05) is 12.6 Å². The van der Waals surface area contributed by atoms with Crippen LogP contribution in [0.3, 0.4) is 0 Å². The van der Waals surface area contributed by atoms with E-state index in [9.17, 15) is 14.4 Å². The normalized spacial score (nSPS) is 13.6. The van der Waals surface area contributed by atoms with Crippen LogP contribution in [0.2, 0.25) is 0 Å². The lowest BCUT2D eigenvalue weighted by atomic mass is 10.1. The van der Waals surface area contributed by atoms with Crippen LogP contribution < -0.4 is 15.4 Å². The number of carbonyl (C=O) groups excluding carboxylic acids is 3. The molecule has 1 aliphatic heterocycles. The molecular weight excluding hydrogens is 394 g/mol. The average Bonchev–Trinajstić information content (AvgIpc) is 2.96. The topological polar surface area (TPSA) is 87.7 Å². The highest BCUT2D eigenvalue weighted by Crippen LogP contribution is 2.26. The molecule has 1 heterocycles. The number of amides is 3.